The van der Waals surface area contributed by atoms with Crippen molar-refractivity contribution in [1.82, 2.24) is 25.8 Å². The van der Waals surface area contributed by atoms with Crippen molar-refractivity contribution >= 4 is 35.0 Å². The highest BCUT2D eigenvalue weighted by Gasteiger charge is 2.51. The molecule has 0 radical (unpaired) electrons. The van der Waals surface area contributed by atoms with Crippen LogP contribution in [0, 0.1) is 31.6 Å². The number of carbonyl (C=O) groups is 2. The van der Waals surface area contributed by atoms with Gasteiger partial charge in [0.05, 0.1) is 16.5 Å². The number of rotatable bonds is 5. The maximum absolute atomic E-state index is 12.5. The second-order valence-corrected chi connectivity index (χ2v) is 11.1. The van der Waals surface area contributed by atoms with Gasteiger partial charge in [-0.2, -0.15) is 0 Å². The van der Waals surface area contributed by atoms with E-state index >= 15 is 0 Å². The van der Waals surface area contributed by atoms with E-state index in [4.69, 9.17) is 4.42 Å². The van der Waals surface area contributed by atoms with Crippen molar-refractivity contribution in [3.05, 3.63) is 10.7 Å². The molecule has 2 aromatic rings. The first-order valence-corrected chi connectivity index (χ1v) is 12.2. The quantitative estimate of drug-likeness (QED) is 0.673. The Bertz CT molecular complexity index is 950. The lowest BCUT2D eigenvalue weighted by Crippen LogP contribution is -2.61. The Balaban J connectivity index is 1.13. The predicted octanol–water partition coefficient (Wildman–Crippen LogP) is 3.70. The highest BCUT2D eigenvalue weighted by atomic mass is 32.2. The summed E-state index contributed by atoms with van der Waals surface area (Å²) in [5.74, 6) is 2.28. The maximum atomic E-state index is 12.5. The molecule has 30 heavy (non-hydrogen) atoms. The van der Waals surface area contributed by atoms with Gasteiger partial charge in [-0.1, -0.05) is 11.8 Å². The van der Waals surface area contributed by atoms with Gasteiger partial charge in [-0.25, -0.2) is 9.78 Å². The van der Waals surface area contributed by atoms with Crippen LogP contribution in [0.25, 0.3) is 10.8 Å². The minimum atomic E-state index is -0.385. The maximum Gasteiger partial charge on any atom is 0.321 e. The number of thioether (sulfide) groups is 1. The first-order valence-electron chi connectivity index (χ1n) is 10.4. The van der Waals surface area contributed by atoms with Crippen LogP contribution in [0.15, 0.2) is 9.64 Å². The Labute approximate surface area is 183 Å². The number of nitrogens with one attached hydrogen (secondary N) is 2. The van der Waals surface area contributed by atoms with Crippen molar-refractivity contribution in [2.45, 2.75) is 63.1 Å². The normalized spacial score (nSPS) is 29.2. The molecule has 0 spiro atoms. The van der Waals surface area contributed by atoms with Crippen LogP contribution in [0.3, 0.4) is 0 Å². The third-order valence-corrected chi connectivity index (χ3v) is 8.38. The van der Waals surface area contributed by atoms with E-state index in [0.29, 0.717) is 11.1 Å². The summed E-state index contributed by atoms with van der Waals surface area (Å²) in [4.78, 5) is 29.9. The molecule has 4 bridgehead atoms. The number of nitrogens with zero attached hydrogens (tertiary/aromatic N) is 3. The average Bonchev–Trinajstić information content (AvgIpc) is 3.24. The summed E-state index contributed by atoms with van der Waals surface area (Å²) in [6.45, 7) is 3.82. The lowest BCUT2D eigenvalue weighted by molar-refractivity contribution is -0.117. The summed E-state index contributed by atoms with van der Waals surface area (Å²) in [5.41, 5.74) is 0.732. The summed E-state index contributed by atoms with van der Waals surface area (Å²) in [5, 5.41) is 14.9. The van der Waals surface area contributed by atoms with Crippen LogP contribution in [-0.2, 0) is 4.79 Å². The number of thiazole rings is 1. The molecule has 4 aliphatic rings. The molecule has 0 aliphatic heterocycles. The van der Waals surface area contributed by atoms with Gasteiger partial charge in [0.2, 0.25) is 5.91 Å². The first kappa shape index (κ1) is 20.0. The summed E-state index contributed by atoms with van der Waals surface area (Å²) >= 11 is 2.61. The number of hydrogen-bond acceptors (Lipinski definition) is 8. The molecule has 0 atom stereocenters. The molecule has 4 saturated carbocycles. The van der Waals surface area contributed by atoms with Crippen LogP contribution in [0.4, 0.5) is 4.79 Å². The lowest BCUT2D eigenvalue weighted by atomic mass is 9.53. The number of aromatic nitrogens is 3. The van der Waals surface area contributed by atoms with Gasteiger partial charge in [-0.05, 0) is 70.1 Å². The molecule has 3 amide bonds. The Hall–Kier alpha value is -1.94. The zero-order chi connectivity index (χ0) is 20.9. The molecule has 2 heterocycles. The second-order valence-electron chi connectivity index (χ2n) is 9.01. The van der Waals surface area contributed by atoms with Crippen LogP contribution in [-0.4, -0.2) is 38.4 Å². The molecule has 2 N–H and O–H groups in total. The largest absolute Gasteiger partial charge is 0.410 e. The van der Waals surface area contributed by atoms with E-state index < -0.39 is 0 Å². The van der Waals surface area contributed by atoms with Gasteiger partial charge in [-0.3, -0.25) is 10.1 Å². The standard InChI is InChI=1S/C20H25N5O3S2/c1-10-16(30-11(2)21-10)17-24-25-19(28-17)29-9-15(26)22-18(27)23-20-6-12-3-13(7-20)5-14(4-12)8-20/h12-14H,3-9H2,1-2H3,(H2,22,23,26,27). The third kappa shape index (κ3) is 3.99. The van der Waals surface area contributed by atoms with Gasteiger partial charge in [0, 0.05) is 5.54 Å². The first-order chi connectivity index (χ1) is 14.4. The van der Waals surface area contributed by atoms with E-state index in [9.17, 15) is 9.59 Å². The van der Waals surface area contributed by atoms with Gasteiger partial charge >= 0.3 is 6.03 Å². The molecule has 160 valence electrons. The molecule has 0 aromatic carbocycles. The summed E-state index contributed by atoms with van der Waals surface area (Å²) in [6, 6.07) is -0.385. The van der Waals surface area contributed by atoms with E-state index in [2.05, 4.69) is 25.8 Å². The van der Waals surface area contributed by atoms with Crippen LogP contribution in [0.2, 0.25) is 0 Å². The third-order valence-electron chi connectivity index (χ3n) is 6.50. The van der Waals surface area contributed by atoms with Crippen molar-refractivity contribution < 1.29 is 14.0 Å². The molecule has 0 unspecified atom stereocenters. The van der Waals surface area contributed by atoms with Gasteiger partial charge in [-0.15, -0.1) is 21.5 Å². The molecular formula is C20H25N5O3S2. The molecule has 4 fully saturated rings. The van der Waals surface area contributed by atoms with Gasteiger partial charge in [0.1, 0.15) is 4.88 Å². The second kappa shape index (κ2) is 7.64. The fourth-order valence-electron chi connectivity index (χ4n) is 5.92. The predicted molar refractivity (Wildman–Crippen MR) is 113 cm³/mol. The van der Waals surface area contributed by atoms with Crippen LogP contribution in [0.5, 0.6) is 0 Å². The minimum Gasteiger partial charge on any atom is -0.410 e. The number of hydrogen-bond donors (Lipinski definition) is 2. The van der Waals surface area contributed by atoms with E-state index in [1.807, 2.05) is 13.8 Å². The lowest BCUT2D eigenvalue weighted by Gasteiger charge is -2.56. The number of amides is 3. The molecule has 0 saturated heterocycles. The minimum absolute atomic E-state index is 0.0383. The molecule has 6 rings (SSSR count). The zero-order valence-electron chi connectivity index (χ0n) is 17.1. The van der Waals surface area contributed by atoms with Gasteiger partial charge in [0.25, 0.3) is 11.1 Å². The summed E-state index contributed by atoms with van der Waals surface area (Å²) in [7, 11) is 0. The Morgan fingerprint density at radius 2 is 1.80 bits per heavy atom. The van der Waals surface area contributed by atoms with Crippen molar-refractivity contribution in [3.63, 3.8) is 0 Å². The summed E-state index contributed by atoms with van der Waals surface area (Å²) in [6.07, 6.45) is 7.09. The van der Waals surface area contributed by atoms with Crippen molar-refractivity contribution in [2.75, 3.05) is 5.75 Å². The molecule has 4 aliphatic carbocycles. The molecule has 10 heteroatoms. The molecule has 2 aromatic heterocycles. The number of imide groups is 1. The monoisotopic (exact) mass is 447 g/mol. The fraction of sp³-hybridized carbons (Fsp3) is 0.650. The Kier molecular flexibility index (Phi) is 5.09. The van der Waals surface area contributed by atoms with Gasteiger partial charge < -0.3 is 9.73 Å². The SMILES string of the molecule is Cc1nc(C)c(-c2nnc(SCC(=O)NC(=O)NC34CC5CC(CC(C5)C3)C4)o2)s1. The highest BCUT2D eigenvalue weighted by Crippen LogP contribution is 2.55. The zero-order valence-corrected chi connectivity index (χ0v) is 18.7. The van der Waals surface area contributed by atoms with Crippen LogP contribution >= 0.6 is 23.1 Å². The summed E-state index contributed by atoms with van der Waals surface area (Å²) < 4.78 is 5.64. The fourth-order valence-corrected chi connectivity index (χ4v) is 7.32. The number of carbonyl (C=O) groups excluding carboxylic acids is 2. The van der Waals surface area contributed by atoms with Crippen molar-refractivity contribution in [3.8, 4) is 10.8 Å². The van der Waals surface area contributed by atoms with E-state index in [-0.39, 0.29) is 23.2 Å². The topological polar surface area (TPSA) is 110 Å². The molecule has 8 nitrogen and oxygen atoms in total. The smallest absolute Gasteiger partial charge is 0.321 e. The van der Waals surface area contributed by atoms with E-state index in [0.717, 1.165) is 64.4 Å². The van der Waals surface area contributed by atoms with E-state index in [1.54, 1.807) is 0 Å². The van der Waals surface area contributed by atoms with Crippen molar-refractivity contribution in [1.29, 1.82) is 0 Å². The van der Waals surface area contributed by atoms with Crippen LogP contribution < -0.4 is 10.6 Å². The van der Waals surface area contributed by atoms with Gasteiger partial charge in [0.15, 0.2) is 0 Å². The molecular weight excluding hydrogens is 422 g/mol. The van der Waals surface area contributed by atoms with E-state index in [1.165, 1.54) is 30.6 Å². The number of aryl methyl sites for hydroxylation is 2. The average molecular weight is 448 g/mol. The van der Waals surface area contributed by atoms with Crippen molar-refractivity contribution in [2.24, 2.45) is 17.8 Å². The number of urea groups is 1. The highest BCUT2D eigenvalue weighted by molar-refractivity contribution is 7.99. The Morgan fingerprint density at radius 1 is 1.13 bits per heavy atom. The Morgan fingerprint density at radius 3 is 2.40 bits per heavy atom. The van der Waals surface area contributed by atoms with Crippen LogP contribution in [0.1, 0.15) is 49.2 Å².